The van der Waals surface area contributed by atoms with Crippen molar-refractivity contribution in [2.45, 2.75) is 69.2 Å². The Kier molecular flexibility index (Phi) is 9.49. The predicted octanol–water partition coefficient (Wildman–Crippen LogP) is 6.43. The van der Waals surface area contributed by atoms with E-state index < -0.39 is 19.8 Å². The number of hydrogen-bond acceptors (Lipinski definition) is 6. The maximum Gasteiger partial charge on any atom is 0.279 e. The lowest BCUT2D eigenvalue weighted by atomic mass is 9.82. The molecule has 5 aromatic carbocycles. The molecule has 5 atom stereocenters. The largest absolute Gasteiger partial charge is 0.497 e. The molecule has 296 valence electrons. The number of ether oxygens (including phenoxy) is 2. The zero-order valence-electron chi connectivity index (χ0n) is 33.2. The first-order valence-electron chi connectivity index (χ1n) is 20.0. The first-order chi connectivity index (χ1) is 28.0. The Bertz CT molecular complexity index is 2590. The van der Waals surface area contributed by atoms with Crippen molar-refractivity contribution >= 4 is 41.7 Å². The lowest BCUT2D eigenvalue weighted by Gasteiger charge is -2.39. The lowest BCUT2D eigenvalue weighted by molar-refractivity contribution is -0.151. The minimum absolute atomic E-state index is 0.0461. The first-order valence-corrected chi connectivity index (χ1v) is 23.1. The predicted molar refractivity (Wildman–Crippen MR) is 227 cm³/mol. The van der Waals surface area contributed by atoms with Crippen LogP contribution >= 0.6 is 0 Å². The standard InChI is InChI=1S/C47H48N4O6Si/c1-30-44(58(3,4)37-21-19-36(56-2)20-22-37)42(26-43(53)49-28-33-15-9-8-14-32(33)24-35(49)29-52)57-47(30)39-25-34(51-45(54)38-16-10-11-17-40(38)48-51)18-23-41(39)50(46(47)55)27-31-12-6-5-7-13-31/h5-23,25,30,35,42,44,48,52H,24,26-29H2,1-4H3/t30-,35-,42+,44-,47+/m0/s1. The second-order valence-corrected chi connectivity index (χ2v) is 21.3. The van der Waals surface area contributed by atoms with Crippen LogP contribution in [0.1, 0.15) is 35.6 Å². The Labute approximate surface area is 338 Å². The Morgan fingerprint density at radius 1 is 0.914 bits per heavy atom. The van der Waals surface area contributed by atoms with E-state index >= 15 is 4.79 Å². The van der Waals surface area contributed by atoms with Crippen molar-refractivity contribution in [3.05, 3.63) is 154 Å². The molecule has 1 spiro atoms. The maximum atomic E-state index is 15.5. The summed E-state index contributed by atoms with van der Waals surface area (Å²) in [6, 6.07) is 38.9. The summed E-state index contributed by atoms with van der Waals surface area (Å²) in [4.78, 5) is 47.6. The molecular weight excluding hydrogens is 745 g/mol. The molecular formula is C47H48N4O6Si. The van der Waals surface area contributed by atoms with Crippen LogP contribution in [0.2, 0.25) is 18.6 Å². The molecule has 3 aliphatic heterocycles. The quantitative estimate of drug-likeness (QED) is 0.163. The molecule has 0 radical (unpaired) electrons. The number of carbonyl (C=O) groups is 2. The van der Waals surface area contributed by atoms with Gasteiger partial charge in [-0.05, 0) is 71.1 Å². The molecule has 2 amide bonds. The van der Waals surface area contributed by atoms with Gasteiger partial charge in [-0.3, -0.25) is 19.5 Å². The van der Waals surface area contributed by atoms with Crippen molar-refractivity contribution in [2.75, 3.05) is 18.6 Å². The van der Waals surface area contributed by atoms with Crippen LogP contribution in [0.3, 0.4) is 0 Å². The van der Waals surface area contributed by atoms with Crippen molar-refractivity contribution in [1.82, 2.24) is 14.7 Å². The number of para-hydroxylation sites is 1. The number of amides is 2. The number of fused-ring (bicyclic) bond motifs is 4. The van der Waals surface area contributed by atoms with Gasteiger partial charge in [0, 0.05) is 18.0 Å². The van der Waals surface area contributed by atoms with Gasteiger partial charge in [0.25, 0.3) is 11.5 Å². The Hall–Kier alpha value is -5.75. The minimum atomic E-state index is -2.59. The third kappa shape index (κ3) is 6.02. The van der Waals surface area contributed by atoms with Crippen LogP contribution in [0.25, 0.3) is 16.6 Å². The lowest BCUT2D eigenvalue weighted by Crippen LogP contribution is -2.52. The number of methoxy groups -OCH3 is 1. The molecule has 58 heavy (non-hydrogen) atoms. The minimum Gasteiger partial charge on any atom is -0.497 e. The zero-order valence-corrected chi connectivity index (χ0v) is 34.2. The van der Waals surface area contributed by atoms with E-state index in [4.69, 9.17) is 9.47 Å². The molecule has 1 fully saturated rings. The number of nitrogens with one attached hydrogen (secondary N) is 1. The smallest absolute Gasteiger partial charge is 0.279 e. The SMILES string of the molecule is COc1ccc([Si](C)(C)[C@@H]2[C@@H](CC(=O)N3Cc4ccccc4C[C@H]3CO)O[C@]3(C(=O)N(Cc4ccccc4)c4ccc(-n5[nH]c6ccccc6c5=O)cc43)[C@H]2C)cc1. The van der Waals surface area contributed by atoms with E-state index in [-0.39, 0.29) is 47.9 Å². The number of benzene rings is 5. The van der Waals surface area contributed by atoms with Gasteiger partial charge in [0.15, 0.2) is 5.60 Å². The summed E-state index contributed by atoms with van der Waals surface area (Å²) in [5.41, 5.74) is 4.04. The zero-order chi connectivity index (χ0) is 40.3. The number of aliphatic hydroxyl groups excluding tert-OH is 1. The molecule has 9 rings (SSSR count). The summed E-state index contributed by atoms with van der Waals surface area (Å²) in [6.07, 6.45) is -0.0174. The maximum absolute atomic E-state index is 15.5. The first kappa shape index (κ1) is 37.8. The van der Waals surface area contributed by atoms with Gasteiger partial charge in [-0.25, -0.2) is 4.68 Å². The van der Waals surface area contributed by atoms with Gasteiger partial charge in [0.1, 0.15) is 5.75 Å². The number of rotatable bonds is 9. The summed E-state index contributed by atoms with van der Waals surface area (Å²) in [7, 11) is -0.940. The molecule has 2 N–H and O–H groups in total. The highest BCUT2D eigenvalue weighted by Gasteiger charge is 2.66. The van der Waals surface area contributed by atoms with Gasteiger partial charge in [0.05, 0.1) is 69.2 Å². The van der Waals surface area contributed by atoms with E-state index in [1.54, 1.807) is 18.1 Å². The Balaban J connectivity index is 1.18. The molecule has 1 aromatic heterocycles. The molecule has 0 bridgehead atoms. The van der Waals surface area contributed by atoms with Crippen LogP contribution in [0.4, 0.5) is 5.69 Å². The molecule has 0 aliphatic carbocycles. The summed E-state index contributed by atoms with van der Waals surface area (Å²) in [5.74, 6) is 0.0905. The van der Waals surface area contributed by atoms with Gasteiger partial charge in [-0.2, -0.15) is 0 Å². The van der Waals surface area contributed by atoms with Gasteiger partial charge in [-0.1, -0.05) is 104 Å². The molecule has 1 saturated heterocycles. The van der Waals surface area contributed by atoms with Crippen LogP contribution in [0.15, 0.2) is 126 Å². The van der Waals surface area contributed by atoms with Crippen molar-refractivity contribution < 1.29 is 24.2 Å². The van der Waals surface area contributed by atoms with E-state index in [9.17, 15) is 14.7 Å². The molecule has 10 nitrogen and oxygen atoms in total. The highest BCUT2D eigenvalue weighted by atomic mass is 28.3. The van der Waals surface area contributed by atoms with Crippen molar-refractivity contribution in [1.29, 1.82) is 0 Å². The second-order valence-electron chi connectivity index (χ2n) is 16.6. The van der Waals surface area contributed by atoms with Crippen LogP contribution < -0.4 is 20.4 Å². The number of aromatic amines is 1. The van der Waals surface area contributed by atoms with Gasteiger partial charge >= 0.3 is 0 Å². The highest BCUT2D eigenvalue weighted by molar-refractivity contribution is 6.91. The highest BCUT2D eigenvalue weighted by Crippen LogP contribution is 2.60. The summed E-state index contributed by atoms with van der Waals surface area (Å²) < 4.78 is 14.4. The van der Waals surface area contributed by atoms with Crippen LogP contribution in [0.5, 0.6) is 5.75 Å². The van der Waals surface area contributed by atoms with Crippen LogP contribution in [-0.4, -0.2) is 65.5 Å². The summed E-state index contributed by atoms with van der Waals surface area (Å²) in [6.45, 7) is 7.27. The van der Waals surface area contributed by atoms with Gasteiger partial charge < -0.3 is 24.4 Å². The molecule has 4 heterocycles. The molecule has 0 saturated carbocycles. The molecule has 6 aromatic rings. The summed E-state index contributed by atoms with van der Waals surface area (Å²) >= 11 is 0. The molecule has 0 unspecified atom stereocenters. The number of anilines is 1. The number of hydrogen-bond donors (Lipinski definition) is 2. The number of H-pyrrole nitrogens is 1. The van der Waals surface area contributed by atoms with Crippen molar-refractivity contribution in [3.8, 4) is 11.4 Å². The van der Waals surface area contributed by atoms with Gasteiger partial charge in [0.2, 0.25) is 5.91 Å². The normalized spacial score (nSPS) is 22.7. The van der Waals surface area contributed by atoms with Crippen LogP contribution in [-0.2, 0) is 39.4 Å². The number of aliphatic hydroxyl groups is 1. The monoisotopic (exact) mass is 792 g/mol. The molecule has 3 aliphatic rings. The fourth-order valence-electron chi connectivity index (χ4n) is 10.1. The van der Waals surface area contributed by atoms with Gasteiger partial charge in [-0.15, -0.1) is 0 Å². The average molecular weight is 793 g/mol. The van der Waals surface area contributed by atoms with Crippen LogP contribution in [0, 0.1) is 5.92 Å². The molecule has 11 heteroatoms. The van der Waals surface area contributed by atoms with E-state index in [1.165, 1.54) is 4.68 Å². The van der Waals surface area contributed by atoms with Crippen molar-refractivity contribution in [3.63, 3.8) is 0 Å². The van der Waals surface area contributed by atoms with E-state index in [2.05, 4.69) is 43.3 Å². The third-order valence-electron chi connectivity index (χ3n) is 13.1. The number of nitrogens with zero attached hydrogens (tertiary/aromatic N) is 3. The third-order valence-corrected chi connectivity index (χ3v) is 17.5. The Morgan fingerprint density at radius 2 is 1.62 bits per heavy atom. The van der Waals surface area contributed by atoms with E-state index in [1.807, 2.05) is 102 Å². The number of carbonyl (C=O) groups excluding carboxylic acids is 2. The Morgan fingerprint density at radius 3 is 2.34 bits per heavy atom. The fourth-order valence-corrected chi connectivity index (χ4v) is 14.1. The van der Waals surface area contributed by atoms with E-state index in [0.717, 1.165) is 33.3 Å². The second kappa shape index (κ2) is 14.6. The van der Waals surface area contributed by atoms with E-state index in [0.29, 0.717) is 41.7 Å². The topological polar surface area (TPSA) is 117 Å². The fraction of sp³-hybridized carbons (Fsp3) is 0.298. The average Bonchev–Trinajstić information content (AvgIpc) is 3.83. The van der Waals surface area contributed by atoms with Crippen molar-refractivity contribution in [2.24, 2.45) is 5.92 Å². The summed E-state index contributed by atoms with van der Waals surface area (Å²) in [5, 5.41) is 15.5. The number of aromatic nitrogens is 2.